The summed E-state index contributed by atoms with van der Waals surface area (Å²) < 4.78 is 0. The summed E-state index contributed by atoms with van der Waals surface area (Å²) in [5.41, 5.74) is 1.61. The third-order valence-corrected chi connectivity index (χ3v) is 5.06. The topological polar surface area (TPSA) is 266 Å². The van der Waals surface area contributed by atoms with E-state index < -0.39 is 0 Å². The molecule has 0 fully saturated rings. The van der Waals surface area contributed by atoms with Crippen molar-refractivity contribution in [3.05, 3.63) is 62.4 Å². The first-order valence-electron chi connectivity index (χ1n) is 10.6. The molecule has 4 amide bonds. The van der Waals surface area contributed by atoms with E-state index in [0.29, 0.717) is 25.9 Å². The van der Waals surface area contributed by atoms with Crippen molar-refractivity contribution >= 4 is 91.3 Å². The molecule has 0 saturated carbocycles. The minimum atomic E-state index is -0.276. The van der Waals surface area contributed by atoms with E-state index in [2.05, 4.69) is 48.2 Å². The second kappa shape index (κ2) is 50.2. The molecule has 0 aromatic heterocycles. The normalized spacial score (nSPS) is 7.16. The Morgan fingerprint density at radius 2 is 0.822 bits per heavy atom. The molecule has 0 aliphatic rings. The van der Waals surface area contributed by atoms with E-state index >= 15 is 0 Å². The molecule has 0 unspecified atom stereocenters. The minimum Gasteiger partial charge on any atom is -0.665 e. The van der Waals surface area contributed by atoms with Gasteiger partial charge in [-0.2, -0.15) is 12.8 Å². The Kier molecular flexibility index (Phi) is 63.9. The van der Waals surface area contributed by atoms with Crippen LogP contribution >= 0.6 is 0 Å². The Hall–Kier alpha value is -3.42. The molecule has 0 saturated heterocycles. The maximum absolute atomic E-state index is 10.5. The van der Waals surface area contributed by atoms with Gasteiger partial charge in [0, 0.05) is 83.5 Å². The predicted molar refractivity (Wildman–Crippen MR) is 159 cm³/mol. The van der Waals surface area contributed by atoms with Gasteiger partial charge in [-0.1, -0.05) is 73.6 Å². The van der Waals surface area contributed by atoms with Gasteiger partial charge in [0.2, 0.25) is 0 Å². The molecule has 2 rings (SSSR count). The van der Waals surface area contributed by atoms with Crippen molar-refractivity contribution in [3.63, 3.8) is 0 Å². The van der Waals surface area contributed by atoms with E-state index in [0.717, 1.165) is 30.4 Å². The smallest absolute Gasteiger partial charge is 0.0841 e. The van der Waals surface area contributed by atoms with Crippen LogP contribution in [0.3, 0.4) is 0 Å². The van der Waals surface area contributed by atoms with Crippen molar-refractivity contribution in [1.82, 2.24) is 10.6 Å². The molecule has 0 atom stereocenters. The van der Waals surface area contributed by atoms with Crippen LogP contribution < -0.4 is 31.6 Å². The summed E-state index contributed by atoms with van der Waals surface area (Å²) in [6.07, 6.45) is 2.72. The fraction of sp³-hybridized carbons (Fsp3) is 0.120. The number of anilines is 2. The quantitative estimate of drug-likeness (QED) is 0.0492. The van der Waals surface area contributed by atoms with E-state index in [-0.39, 0.29) is 83.9 Å². The van der Waals surface area contributed by atoms with Crippen LogP contribution in [-0.4, -0.2) is 96.7 Å². The van der Waals surface area contributed by atoms with Gasteiger partial charge in [-0.25, -0.2) is 0 Å². The zero-order valence-electron chi connectivity index (χ0n) is 23.9. The van der Waals surface area contributed by atoms with E-state index in [9.17, 15) is 19.2 Å². The van der Waals surface area contributed by atoms with Crippen molar-refractivity contribution in [1.29, 1.82) is 0 Å². The molecule has 8 N–H and O–H groups in total. The third kappa shape index (κ3) is 56.9. The van der Waals surface area contributed by atoms with Crippen molar-refractivity contribution < 1.29 is 124 Å². The Morgan fingerprint density at radius 1 is 0.600 bits per heavy atom. The number of amides is 4. The summed E-state index contributed by atoms with van der Waals surface area (Å²) in [6.45, 7) is 12.8. The summed E-state index contributed by atoms with van der Waals surface area (Å²) in [5, 5.41) is 39.0. The predicted octanol–water partition coefficient (Wildman–Crippen LogP) is -1.63. The first kappa shape index (κ1) is 57.3. The number of rotatable bonds is 8. The summed E-state index contributed by atoms with van der Waals surface area (Å²) >= 11 is 0. The largest absolute Gasteiger partial charge is 0.665 e. The van der Waals surface area contributed by atoms with Gasteiger partial charge >= 0.3 is 0 Å². The molecule has 20 heteroatoms. The summed E-state index contributed by atoms with van der Waals surface area (Å²) in [7, 11) is 1.59. The Morgan fingerprint density at radius 3 is 0.978 bits per heavy atom. The Labute approximate surface area is 316 Å². The van der Waals surface area contributed by atoms with Crippen LogP contribution in [0, 0.1) is 13.8 Å². The zero-order chi connectivity index (χ0) is 34.3. The molecular weight excluding hydrogens is 782 g/mol. The average molecular weight is 810 g/mol. The maximum atomic E-state index is 10.5. The molecule has 0 spiro atoms. The van der Waals surface area contributed by atoms with E-state index in [4.69, 9.17) is 39.6 Å². The van der Waals surface area contributed by atoms with Gasteiger partial charge in [0.1, 0.15) is 0 Å². The zero-order valence-corrected chi connectivity index (χ0v) is 31.6. The van der Waals surface area contributed by atoms with Crippen molar-refractivity contribution in [2.75, 3.05) is 17.3 Å². The van der Waals surface area contributed by atoms with Crippen molar-refractivity contribution in [2.45, 2.75) is 13.1 Å². The molecule has 2 aromatic rings. The standard InChI is InChI=1S/2C9H10NOSi.C3H4N2O2.4CHO2.2Y/c2*1-7(11)10-8-3-5-9(12-2)6-4-8;6-2-4-1-5-3-7;4*2-1-3;;/h2*3-6H,1H2,2H3,(H,10,11);1H2,(H,4,6)(H,5,7);4*(H,2,3);;/q2*-1;-2;4*-1;;. The molecule has 45 heavy (non-hydrogen) atoms. The van der Waals surface area contributed by atoms with Gasteiger partial charge < -0.3 is 93.9 Å². The van der Waals surface area contributed by atoms with Crippen LogP contribution in [0.15, 0.2) is 48.5 Å². The first-order valence-corrected chi connectivity index (χ1v) is 13.6. The number of hydrogen-bond acceptors (Lipinski definition) is 8. The second-order valence-corrected chi connectivity index (χ2v) is 8.01. The molecule has 16 nitrogen and oxygen atoms in total. The molecular formula is C25H28N4O12Si2Y2-8. The number of carbonyl (C=O) groups is 2. The molecule has 242 valence electrons. The minimum absolute atomic E-state index is 0. The van der Waals surface area contributed by atoms with Gasteiger partial charge in [0.05, 0.1) is 30.9 Å². The van der Waals surface area contributed by atoms with Crippen LogP contribution in [0.5, 0.6) is 0 Å². The number of benzene rings is 2. The summed E-state index contributed by atoms with van der Waals surface area (Å²) in [6, 6.07) is 15.6. The molecule has 0 aliphatic carbocycles. The molecule has 6 radical (unpaired) electrons. The molecule has 0 aliphatic heterocycles. The van der Waals surface area contributed by atoms with E-state index in [1.54, 1.807) is 0 Å². The fourth-order valence-electron chi connectivity index (χ4n) is 1.88. The molecule has 0 bridgehead atoms. The van der Waals surface area contributed by atoms with Gasteiger partial charge in [0.15, 0.2) is 0 Å². The number of carbonyl (C=O) groups excluding carboxylic acids is 4. The molecule has 0 heterocycles. The monoisotopic (exact) mass is 810 g/mol. The number of hydrogen-bond donors (Lipinski definition) is 8. The molecule has 2 aromatic carbocycles. The van der Waals surface area contributed by atoms with Crippen LogP contribution in [0.1, 0.15) is 0 Å². The number of aliphatic hydroxyl groups excluding tert-OH is 4. The van der Waals surface area contributed by atoms with Crippen molar-refractivity contribution in [3.8, 4) is 0 Å². The van der Waals surface area contributed by atoms with Gasteiger partial charge in [-0.05, 0) is 24.3 Å². The van der Waals surface area contributed by atoms with Gasteiger partial charge in [0.25, 0.3) is 0 Å². The van der Waals surface area contributed by atoms with Gasteiger partial charge in [-0.15, -0.1) is 0 Å². The van der Waals surface area contributed by atoms with Crippen LogP contribution in [0.2, 0.25) is 13.1 Å². The SMILES string of the molecule is O=[C-]NCN[C-]=O.O=[C-]O.O=[C-]O.O=[C-]O.O=[C-]O.[CH2-]C(=O)Nc1ccc([Si]C)cc1.[CH2-]C(=O)Nc1ccc([Si]C)cc1.[Y].[Y]. The maximum Gasteiger partial charge on any atom is 0.0841 e. The average Bonchev–Trinajstić information content (AvgIpc) is 2.96. The summed E-state index contributed by atoms with van der Waals surface area (Å²) in [4.78, 5) is 72.6. The van der Waals surface area contributed by atoms with Crippen LogP contribution in [0.25, 0.3) is 0 Å². The van der Waals surface area contributed by atoms with E-state index in [1.165, 1.54) is 23.2 Å². The first-order chi connectivity index (χ1) is 20.5. The third-order valence-electron chi connectivity index (χ3n) is 3.24. The Bertz CT molecular complexity index is 917. The Balaban J connectivity index is -0.0000000817. The van der Waals surface area contributed by atoms with Crippen molar-refractivity contribution in [2.24, 2.45) is 0 Å². The van der Waals surface area contributed by atoms with Crippen LogP contribution in [-0.2, 0) is 104 Å². The fourth-order valence-corrected chi connectivity index (χ4v) is 2.88. The second-order valence-electron chi connectivity index (χ2n) is 5.85. The van der Waals surface area contributed by atoms with Crippen LogP contribution in [0.4, 0.5) is 11.4 Å². The summed E-state index contributed by atoms with van der Waals surface area (Å²) in [5.74, 6) is -0.552. The van der Waals surface area contributed by atoms with Gasteiger partial charge in [-0.3, -0.25) is 0 Å². The number of nitrogens with one attached hydrogen (secondary N) is 4. The van der Waals surface area contributed by atoms with E-state index in [1.807, 2.05) is 48.5 Å².